The van der Waals surface area contributed by atoms with E-state index in [9.17, 15) is 9.59 Å². The van der Waals surface area contributed by atoms with Gasteiger partial charge in [-0.25, -0.2) is 4.79 Å². The predicted molar refractivity (Wildman–Crippen MR) is 84.2 cm³/mol. The second-order valence-corrected chi connectivity index (χ2v) is 5.55. The number of hydrogen-bond donors (Lipinski definition) is 2. The first-order valence-electron chi connectivity index (χ1n) is 7.98. The zero-order chi connectivity index (χ0) is 16.7. The van der Waals surface area contributed by atoms with Crippen molar-refractivity contribution in [3.8, 4) is 0 Å². The molecule has 0 aliphatic heterocycles. The maximum atomic E-state index is 12.0. The van der Waals surface area contributed by atoms with Gasteiger partial charge in [0, 0.05) is 18.5 Å². The fourth-order valence-electron chi connectivity index (χ4n) is 2.62. The normalized spacial score (nSPS) is 24.8. The van der Waals surface area contributed by atoms with Crippen molar-refractivity contribution in [2.24, 2.45) is 5.73 Å². The second-order valence-electron chi connectivity index (χ2n) is 5.55. The summed E-state index contributed by atoms with van der Waals surface area (Å²) < 4.78 is 11.1. The van der Waals surface area contributed by atoms with Crippen molar-refractivity contribution >= 4 is 11.9 Å². The van der Waals surface area contributed by atoms with Crippen LogP contribution in [0.1, 0.15) is 47.0 Å². The smallest absolute Gasteiger partial charge is 0.333 e. The Morgan fingerprint density at radius 1 is 1.36 bits per heavy atom. The molecule has 6 heteroatoms. The largest absolute Gasteiger partial charge is 0.463 e. The van der Waals surface area contributed by atoms with Crippen LogP contribution in [0.5, 0.6) is 0 Å². The van der Waals surface area contributed by atoms with Crippen LogP contribution in [0.2, 0.25) is 0 Å². The molecular formula is C16H28N2O4. The minimum absolute atomic E-state index is 0.0613. The van der Waals surface area contributed by atoms with E-state index in [1.54, 1.807) is 13.0 Å². The van der Waals surface area contributed by atoms with Crippen molar-refractivity contribution in [3.63, 3.8) is 0 Å². The lowest BCUT2D eigenvalue weighted by Gasteiger charge is -2.36. The highest BCUT2D eigenvalue weighted by Crippen LogP contribution is 2.24. The Kier molecular flexibility index (Phi) is 7.55. The molecule has 0 fully saturated rings. The van der Waals surface area contributed by atoms with Crippen LogP contribution in [-0.2, 0) is 19.1 Å². The fraction of sp³-hybridized carbons (Fsp3) is 0.750. The molecule has 0 aromatic rings. The number of amides is 1. The van der Waals surface area contributed by atoms with Crippen molar-refractivity contribution in [2.45, 2.75) is 71.2 Å². The van der Waals surface area contributed by atoms with Gasteiger partial charge in [-0.2, -0.15) is 0 Å². The zero-order valence-electron chi connectivity index (χ0n) is 13.9. The molecule has 3 atom stereocenters. The van der Waals surface area contributed by atoms with Crippen molar-refractivity contribution in [1.29, 1.82) is 0 Å². The lowest BCUT2D eigenvalue weighted by Crippen LogP contribution is -2.57. The summed E-state index contributed by atoms with van der Waals surface area (Å²) in [4.78, 5) is 23.4. The van der Waals surface area contributed by atoms with Crippen LogP contribution in [0.25, 0.3) is 0 Å². The molecule has 1 rings (SSSR count). The minimum atomic E-state index is -0.419. The molecule has 6 nitrogen and oxygen atoms in total. The molecule has 0 heterocycles. The van der Waals surface area contributed by atoms with Gasteiger partial charge in [0.25, 0.3) is 0 Å². The predicted octanol–water partition coefficient (Wildman–Crippen LogP) is 1.29. The molecule has 0 unspecified atom stereocenters. The SMILES string of the molecule is CCOC(=O)C1=C[C@H](OC(CC)CC)[C@H](NC(C)=O)[C@H](N)C1. The number of esters is 1. The average Bonchev–Trinajstić information content (AvgIpc) is 2.47. The van der Waals surface area contributed by atoms with Crippen LogP contribution in [0.3, 0.4) is 0 Å². The Labute approximate surface area is 132 Å². The van der Waals surface area contributed by atoms with Crippen molar-refractivity contribution < 1.29 is 19.1 Å². The second kappa shape index (κ2) is 8.90. The van der Waals surface area contributed by atoms with Gasteiger partial charge in [-0.3, -0.25) is 4.79 Å². The quantitative estimate of drug-likeness (QED) is 0.691. The Balaban J connectivity index is 2.98. The van der Waals surface area contributed by atoms with Gasteiger partial charge in [0.2, 0.25) is 5.91 Å². The molecule has 1 aliphatic carbocycles. The van der Waals surface area contributed by atoms with Gasteiger partial charge in [0.05, 0.1) is 24.9 Å². The Morgan fingerprint density at radius 2 is 2.00 bits per heavy atom. The summed E-state index contributed by atoms with van der Waals surface area (Å²) in [6.45, 7) is 7.62. The van der Waals surface area contributed by atoms with Crippen LogP contribution in [0, 0.1) is 0 Å². The van der Waals surface area contributed by atoms with E-state index in [0.717, 1.165) is 12.8 Å². The van der Waals surface area contributed by atoms with Crippen LogP contribution in [0.4, 0.5) is 0 Å². The average molecular weight is 312 g/mol. The molecule has 126 valence electrons. The highest BCUT2D eigenvalue weighted by Gasteiger charge is 2.35. The van der Waals surface area contributed by atoms with Crippen molar-refractivity contribution in [1.82, 2.24) is 5.32 Å². The lowest BCUT2D eigenvalue weighted by atomic mass is 9.88. The van der Waals surface area contributed by atoms with E-state index in [-0.39, 0.29) is 30.1 Å². The molecule has 0 radical (unpaired) electrons. The molecule has 0 saturated heterocycles. The van der Waals surface area contributed by atoms with Crippen LogP contribution in [0.15, 0.2) is 11.6 Å². The van der Waals surface area contributed by atoms with Crippen molar-refractivity contribution in [2.75, 3.05) is 6.61 Å². The summed E-state index contributed by atoms with van der Waals surface area (Å²) in [5.41, 5.74) is 6.68. The van der Waals surface area contributed by atoms with Gasteiger partial charge in [0.15, 0.2) is 0 Å². The summed E-state index contributed by atoms with van der Waals surface area (Å²) >= 11 is 0. The Hall–Kier alpha value is -1.40. The summed E-state index contributed by atoms with van der Waals surface area (Å²) in [6, 6.07) is -0.719. The molecule has 0 bridgehead atoms. The minimum Gasteiger partial charge on any atom is -0.463 e. The number of nitrogens with two attached hydrogens (primary N) is 1. The van der Waals surface area contributed by atoms with E-state index >= 15 is 0 Å². The first kappa shape index (κ1) is 18.6. The molecule has 1 aliphatic rings. The Morgan fingerprint density at radius 3 is 2.50 bits per heavy atom. The van der Waals surface area contributed by atoms with Gasteiger partial charge >= 0.3 is 5.97 Å². The van der Waals surface area contributed by atoms with E-state index in [4.69, 9.17) is 15.2 Å². The number of ether oxygens (including phenoxy) is 2. The number of nitrogens with one attached hydrogen (secondary N) is 1. The number of carbonyl (C=O) groups is 2. The van der Waals surface area contributed by atoms with Crippen LogP contribution in [-0.4, -0.2) is 42.8 Å². The summed E-state index contributed by atoms with van der Waals surface area (Å²) in [5, 5.41) is 2.84. The van der Waals surface area contributed by atoms with Gasteiger partial charge in [-0.15, -0.1) is 0 Å². The van der Waals surface area contributed by atoms with Crippen LogP contribution >= 0.6 is 0 Å². The topological polar surface area (TPSA) is 90.6 Å². The molecule has 3 N–H and O–H groups in total. The Bertz CT molecular complexity index is 418. The highest BCUT2D eigenvalue weighted by atomic mass is 16.5. The van der Waals surface area contributed by atoms with Crippen LogP contribution < -0.4 is 11.1 Å². The summed E-state index contributed by atoms with van der Waals surface area (Å²) in [7, 11) is 0. The molecule has 22 heavy (non-hydrogen) atoms. The summed E-state index contributed by atoms with van der Waals surface area (Å²) in [5.74, 6) is -0.524. The maximum Gasteiger partial charge on any atom is 0.333 e. The van der Waals surface area contributed by atoms with E-state index in [1.165, 1.54) is 6.92 Å². The zero-order valence-corrected chi connectivity index (χ0v) is 13.9. The monoisotopic (exact) mass is 312 g/mol. The van der Waals surface area contributed by atoms with E-state index in [2.05, 4.69) is 5.32 Å². The van der Waals surface area contributed by atoms with Gasteiger partial charge in [0.1, 0.15) is 0 Å². The van der Waals surface area contributed by atoms with Gasteiger partial charge in [-0.1, -0.05) is 13.8 Å². The van der Waals surface area contributed by atoms with Gasteiger partial charge in [-0.05, 0) is 32.3 Å². The molecule has 0 spiro atoms. The maximum absolute atomic E-state index is 12.0. The molecule has 1 amide bonds. The number of hydrogen-bond acceptors (Lipinski definition) is 5. The first-order chi connectivity index (χ1) is 10.4. The standard InChI is InChI=1S/C16H28N2O4/c1-5-12(6-2)22-14-9-11(16(20)21-7-3)8-13(17)15(14)18-10(4)19/h9,12-15H,5-8,17H2,1-4H3,(H,18,19)/t13-,14+,15-/m1/s1. The third-order valence-electron chi connectivity index (χ3n) is 3.80. The number of rotatable bonds is 7. The molecule has 0 aromatic heterocycles. The lowest BCUT2D eigenvalue weighted by molar-refractivity contribution is -0.139. The molecule has 0 aromatic carbocycles. The summed E-state index contributed by atoms with van der Waals surface area (Å²) in [6.07, 6.45) is 3.48. The number of carbonyl (C=O) groups excluding carboxylic acids is 2. The molecule has 0 saturated carbocycles. The fourth-order valence-corrected chi connectivity index (χ4v) is 2.62. The van der Waals surface area contributed by atoms with Gasteiger partial charge < -0.3 is 20.5 Å². The third-order valence-corrected chi connectivity index (χ3v) is 3.80. The van der Waals surface area contributed by atoms with E-state index < -0.39 is 6.10 Å². The van der Waals surface area contributed by atoms with Crippen molar-refractivity contribution in [3.05, 3.63) is 11.6 Å². The van der Waals surface area contributed by atoms with E-state index in [0.29, 0.717) is 18.6 Å². The third kappa shape index (κ3) is 5.10. The highest BCUT2D eigenvalue weighted by molar-refractivity contribution is 5.89. The molecular weight excluding hydrogens is 284 g/mol. The first-order valence-corrected chi connectivity index (χ1v) is 7.98. The van der Waals surface area contributed by atoms with E-state index in [1.807, 2.05) is 13.8 Å².